The van der Waals surface area contributed by atoms with Crippen LogP contribution in [0.25, 0.3) is 0 Å². The highest BCUT2D eigenvalue weighted by Gasteiger charge is 2.43. The molecule has 3 aliphatic heterocycles. The maximum Gasteiger partial charge on any atom is 0.299 e. The first-order valence-corrected chi connectivity index (χ1v) is 10.6. The number of nitrogens with zero attached hydrogens (tertiary/aromatic N) is 2. The van der Waals surface area contributed by atoms with Crippen LogP contribution >= 0.6 is 0 Å². The van der Waals surface area contributed by atoms with Crippen molar-refractivity contribution in [2.45, 2.75) is 87.3 Å². The minimum atomic E-state index is -3.33. The molecule has 4 aliphatic rings. The van der Waals surface area contributed by atoms with E-state index >= 15 is 0 Å². The van der Waals surface area contributed by atoms with Gasteiger partial charge in [0.05, 0.1) is 6.04 Å². The van der Waals surface area contributed by atoms with Crippen LogP contribution in [0.15, 0.2) is 4.99 Å². The third-order valence-electron chi connectivity index (χ3n) is 6.15. The molecule has 1 N–H and O–H groups in total. The van der Waals surface area contributed by atoms with Crippen molar-refractivity contribution < 1.29 is 13.2 Å². The van der Waals surface area contributed by atoms with Gasteiger partial charge in [-0.15, -0.1) is 0 Å². The fourth-order valence-corrected chi connectivity index (χ4v) is 6.40. The highest BCUT2D eigenvalue weighted by molar-refractivity contribution is 7.90. The minimum absolute atomic E-state index is 0.180. The van der Waals surface area contributed by atoms with E-state index in [1.807, 2.05) is 0 Å². The van der Waals surface area contributed by atoms with E-state index < -0.39 is 15.3 Å². The molecular formula is C16H27N3O3S. The van der Waals surface area contributed by atoms with Gasteiger partial charge in [-0.05, 0) is 52.0 Å². The molecule has 23 heavy (non-hydrogen) atoms. The summed E-state index contributed by atoms with van der Waals surface area (Å²) in [6, 6.07) is 1.60. The maximum absolute atomic E-state index is 12.4. The number of ether oxygens (including phenoxy) is 1. The zero-order valence-electron chi connectivity index (χ0n) is 13.8. The second kappa shape index (κ2) is 5.92. The normalized spacial score (nSPS) is 44.9. The number of hydrogen-bond acceptors (Lipinski definition) is 5. The number of piperidine rings is 2. The van der Waals surface area contributed by atoms with E-state index in [2.05, 4.69) is 21.7 Å². The van der Waals surface area contributed by atoms with Crippen molar-refractivity contribution in [3.63, 3.8) is 0 Å². The lowest BCUT2D eigenvalue weighted by molar-refractivity contribution is 0.0558. The molecule has 0 aromatic heterocycles. The molecule has 3 unspecified atom stereocenters. The van der Waals surface area contributed by atoms with E-state index in [-0.39, 0.29) is 18.2 Å². The molecule has 4 fully saturated rings. The lowest BCUT2D eigenvalue weighted by Crippen LogP contribution is -2.55. The smallest absolute Gasteiger partial charge is 0.299 e. The highest BCUT2D eigenvalue weighted by atomic mass is 32.2. The van der Waals surface area contributed by atoms with Crippen molar-refractivity contribution in [2.75, 3.05) is 7.05 Å². The van der Waals surface area contributed by atoms with Crippen LogP contribution in [0, 0.1) is 0 Å². The second-order valence-corrected chi connectivity index (χ2v) is 9.49. The number of aliphatic imine (C=N–C) groups is 1. The van der Waals surface area contributed by atoms with Crippen LogP contribution in [-0.4, -0.2) is 55.9 Å². The molecule has 0 aromatic carbocycles. The Morgan fingerprint density at radius 3 is 2.52 bits per heavy atom. The maximum atomic E-state index is 12.4. The number of sulfonamides is 1. The van der Waals surface area contributed by atoms with Crippen molar-refractivity contribution in [2.24, 2.45) is 4.99 Å². The first kappa shape index (κ1) is 15.7. The summed E-state index contributed by atoms with van der Waals surface area (Å²) < 4.78 is 33.4. The summed E-state index contributed by atoms with van der Waals surface area (Å²) in [4.78, 5) is 7.17. The van der Waals surface area contributed by atoms with Crippen molar-refractivity contribution in [1.29, 1.82) is 0 Å². The highest BCUT2D eigenvalue weighted by Crippen LogP contribution is 2.35. The Morgan fingerprint density at radius 1 is 1.09 bits per heavy atom. The summed E-state index contributed by atoms with van der Waals surface area (Å²) in [5, 5.41) is -0.396. The fourth-order valence-electron chi connectivity index (χ4n) is 4.83. The monoisotopic (exact) mass is 341 g/mol. The number of amidine groups is 1. The second-order valence-electron chi connectivity index (χ2n) is 7.59. The lowest BCUT2D eigenvalue weighted by atomic mass is 9.82. The molecule has 3 heterocycles. The Hall–Kier alpha value is -0.820. The third kappa shape index (κ3) is 2.97. The van der Waals surface area contributed by atoms with E-state index in [1.54, 1.807) is 0 Å². The van der Waals surface area contributed by atoms with Gasteiger partial charge >= 0.3 is 0 Å². The van der Waals surface area contributed by atoms with Gasteiger partial charge in [-0.3, -0.25) is 0 Å². The van der Waals surface area contributed by atoms with Crippen molar-refractivity contribution in [1.82, 2.24) is 9.62 Å². The molecular weight excluding hydrogens is 314 g/mol. The van der Waals surface area contributed by atoms with Crippen LogP contribution in [0.4, 0.5) is 0 Å². The van der Waals surface area contributed by atoms with Crippen molar-refractivity contribution >= 4 is 16.0 Å². The molecule has 3 saturated heterocycles. The molecule has 4 rings (SSSR count). The summed E-state index contributed by atoms with van der Waals surface area (Å²) >= 11 is 0. The lowest BCUT2D eigenvalue weighted by Gasteiger charge is -2.46. The molecule has 6 nitrogen and oxygen atoms in total. The SMILES string of the molecule is CN1[C@@H]2CCC[C@H]1CC(N=C1NS(=O)(=O)C3CCCCC3O1)C2. The van der Waals surface area contributed by atoms with Gasteiger partial charge in [0.25, 0.3) is 6.02 Å². The molecule has 0 amide bonds. The summed E-state index contributed by atoms with van der Waals surface area (Å²) in [6.45, 7) is 0. The Bertz CT molecular complexity index is 577. The average Bonchev–Trinajstić information content (AvgIpc) is 2.48. The molecule has 130 valence electrons. The first-order chi connectivity index (χ1) is 11.0. The summed E-state index contributed by atoms with van der Waals surface area (Å²) in [6.07, 6.45) is 9.10. The topological polar surface area (TPSA) is 71.0 Å². The van der Waals surface area contributed by atoms with Gasteiger partial charge in [0.1, 0.15) is 11.4 Å². The van der Waals surface area contributed by atoms with Gasteiger partial charge in [0.15, 0.2) is 0 Å². The zero-order valence-corrected chi connectivity index (χ0v) is 14.6. The number of rotatable bonds is 1. The van der Waals surface area contributed by atoms with Gasteiger partial charge in [0.2, 0.25) is 10.0 Å². The Kier molecular flexibility index (Phi) is 4.04. The molecule has 1 saturated carbocycles. The molecule has 0 radical (unpaired) electrons. The number of fused-ring (bicyclic) bond motifs is 3. The standard InChI is InChI=1S/C16H27N3O3S/c1-19-12-5-4-6-13(19)10-11(9-12)17-16-18-23(20,21)15-8-3-2-7-14(15)22-16/h11-15H,2-10H2,1H3,(H,17,18)/t11?,12-,13+,14?,15?. The average molecular weight is 341 g/mol. The molecule has 2 bridgehead atoms. The van der Waals surface area contributed by atoms with Crippen LogP contribution in [-0.2, 0) is 14.8 Å². The quantitative estimate of drug-likeness (QED) is 0.787. The van der Waals surface area contributed by atoms with E-state index in [4.69, 9.17) is 4.74 Å². The number of hydrogen-bond donors (Lipinski definition) is 1. The van der Waals surface area contributed by atoms with Crippen molar-refractivity contribution in [3.8, 4) is 0 Å². The Balaban J connectivity index is 1.50. The van der Waals surface area contributed by atoms with Crippen LogP contribution < -0.4 is 4.72 Å². The van der Waals surface area contributed by atoms with Gasteiger partial charge < -0.3 is 9.64 Å². The summed E-state index contributed by atoms with van der Waals surface area (Å²) in [5.41, 5.74) is 0. The molecule has 0 spiro atoms. The Morgan fingerprint density at radius 2 is 1.78 bits per heavy atom. The largest absolute Gasteiger partial charge is 0.460 e. The number of nitrogens with one attached hydrogen (secondary N) is 1. The third-order valence-corrected chi connectivity index (χ3v) is 7.94. The van der Waals surface area contributed by atoms with E-state index in [0.29, 0.717) is 18.5 Å². The summed E-state index contributed by atoms with van der Waals surface area (Å²) in [7, 11) is -1.12. The zero-order chi connectivity index (χ0) is 16.0. The van der Waals surface area contributed by atoms with Crippen molar-refractivity contribution in [3.05, 3.63) is 0 Å². The van der Waals surface area contributed by atoms with Gasteiger partial charge in [-0.25, -0.2) is 18.1 Å². The molecule has 0 aromatic rings. The van der Waals surface area contributed by atoms with Gasteiger partial charge in [-0.2, -0.15) is 0 Å². The van der Waals surface area contributed by atoms with Crippen LogP contribution in [0.2, 0.25) is 0 Å². The Labute approximate surface area is 138 Å². The van der Waals surface area contributed by atoms with E-state index in [9.17, 15) is 8.42 Å². The molecule has 1 aliphatic carbocycles. The van der Waals surface area contributed by atoms with Gasteiger partial charge in [-0.1, -0.05) is 12.8 Å². The minimum Gasteiger partial charge on any atom is -0.460 e. The molecule has 7 heteroatoms. The first-order valence-electron chi connectivity index (χ1n) is 9.01. The summed E-state index contributed by atoms with van der Waals surface area (Å²) in [5.74, 6) is 0. The van der Waals surface area contributed by atoms with E-state index in [0.717, 1.165) is 32.1 Å². The van der Waals surface area contributed by atoms with Crippen LogP contribution in [0.1, 0.15) is 57.8 Å². The van der Waals surface area contributed by atoms with E-state index in [1.165, 1.54) is 19.3 Å². The molecule has 5 atom stereocenters. The predicted molar refractivity (Wildman–Crippen MR) is 88.8 cm³/mol. The van der Waals surface area contributed by atoms with Crippen LogP contribution in [0.3, 0.4) is 0 Å². The fraction of sp³-hybridized carbons (Fsp3) is 0.938. The van der Waals surface area contributed by atoms with Crippen LogP contribution in [0.5, 0.6) is 0 Å². The predicted octanol–water partition coefficient (Wildman–Crippen LogP) is 1.62. The van der Waals surface area contributed by atoms with Gasteiger partial charge in [0, 0.05) is 12.1 Å².